The Bertz CT molecular complexity index is 500. The maximum atomic E-state index is 13.7. The fourth-order valence-corrected chi connectivity index (χ4v) is 2.61. The minimum Gasteiger partial charge on any atom is -0.481 e. The Labute approximate surface area is 114 Å². The molecule has 4 nitrogen and oxygen atoms in total. The molecule has 1 aliphatic heterocycles. The molecule has 0 aliphatic carbocycles. The van der Waals surface area contributed by atoms with E-state index in [2.05, 4.69) is 0 Å². The summed E-state index contributed by atoms with van der Waals surface area (Å²) in [6.45, 7) is 0.432. The maximum absolute atomic E-state index is 13.7. The number of amides is 1. The minimum absolute atomic E-state index is 0.0472. The molecular formula is C13H13ClFNO3. The quantitative estimate of drug-likeness (QED) is 0.928. The summed E-state index contributed by atoms with van der Waals surface area (Å²) in [5.74, 6) is -2.19. The van der Waals surface area contributed by atoms with Gasteiger partial charge in [0.15, 0.2) is 0 Å². The number of carbonyl (C=O) groups is 2. The van der Waals surface area contributed by atoms with Crippen LogP contribution in [-0.2, 0) is 4.79 Å². The van der Waals surface area contributed by atoms with Crippen molar-refractivity contribution >= 4 is 23.5 Å². The molecule has 1 aromatic carbocycles. The van der Waals surface area contributed by atoms with Gasteiger partial charge in [0.25, 0.3) is 5.91 Å². The van der Waals surface area contributed by atoms with E-state index in [1.165, 1.54) is 23.1 Å². The van der Waals surface area contributed by atoms with Crippen LogP contribution in [0.5, 0.6) is 0 Å². The van der Waals surface area contributed by atoms with Gasteiger partial charge in [0, 0.05) is 12.6 Å². The minimum atomic E-state index is -0.968. The molecule has 0 bridgehead atoms. The summed E-state index contributed by atoms with van der Waals surface area (Å²) in [6.07, 6.45) is 1.21. The molecule has 2 rings (SSSR count). The molecule has 1 atom stereocenters. The highest BCUT2D eigenvalue weighted by molar-refractivity contribution is 6.33. The number of carboxylic acid groups (broad SMARTS) is 1. The van der Waals surface area contributed by atoms with E-state index in [9.17, 15) is 14.0 Å². The predicted octanol–water partition coefficient (Wildman–Crippen LogP) is 2.56. The van der Waals surface area contributed by atoms with Crippen molar-refractivity contribution in [2.75, 3.05) is 6.54 Å². The number of halogens is 2. The third-order valence-corrected chi connectivity index (χ3v) is 3.54. The monoisotopic (exact) mass is 285 g/mol. The van der Waals surface area contributed by atoms with Crippen LogP contribution in [0.15, 0.2) is 18.2 Å². The van der Waals surface area contributed by atoms with E-state index in [4.69, 9.17) is 16.7 Å². The van der Waals surface area contributed by atoms with Gasteiger partial charge < -0.3 is 10.0 Å². The zero-order valence-electron chi connectivity index (χ0n) is 10.1. The fourth-order valence-electron chi connectivity index (χ4n) is 2.36. The van der Waals surface area contributed by atoms with Crippen molar-refractivity contribution in [3.63, 3.8) is 0 Å². The van der Waals surface area contributed by atoms with E-state index in [-0.39, 0.29) is 23.0 Å². The number of likely N-dealkylation sites (tertiary alicyclic amines) is 1. The average Bonchev–Trinajstić information content (AvgIpc) is 2.75. The van der Waals surface area contributed by atoms with Gasteiger partial charge in [0.2, 0.25) is 0 Å². The molecule has 1 heterocycles. The Balaban J connectivity index is 2.26. The predicted molar refractivity (Wildman–Crippen MR) is 67.7 cm³/mol. The van der Waals surface area contributed by atoms with Gasteiger partial charge in [-0.25, -0.2) is 4.39 Å². The number of carboxylic acids is 1. The second kappa shape index (κ2) is 5.57. The van der Waals surface area contributed by atoms with Crippen LogP contribution in [0.1, 0.15) is 29.6 Å². The molecule has 0 spiro atoms. The zero-order valence-corrected chi connectivity index (χ0v) is 10.9. The van der Waals surface area contributed by atoms with Gasteiger partial charge in [-0.2, -0.15) is 0 Å². The van der Waals surface area contributed by atoms with Crippen LogP contribution in [-0.4, -0.2) is 34.5 Å². The highest BCUT2D eigenvalue weighted by Crippen LogP contribution is 2.26. The van der Waals surface area contributed by atoms with Gasteiger partial charge in [-0.05, 0) is 25.0 Å². The number of rotatable bonds is 3. The Morgan fingerprint density at radius 3 is 2.84 bits per heavy atom. The zero-order chi connectivity index (χ0) is 14.0. The standard InChI is InChI=1S/C13H13ClFNO3/c14-9-4-1-5-10(15)12(9)13(19)16-6-2-3-8(16)7-11(17)18/h1,4-5,8H,2-3,6-7H2,(H,17,18). The van der Waals surface area contributed by atoms with Crippen LogP contribution in [0, 0.1) is 5.82 Å². The summed E-state index contributed by atoms with van der Waals surface area (Å²) in [5, 5.41) is 8.86. The largest absolute Gasteiger partial charge is 0.481 e. The Kier molecular flexibility index (Phi) is 4.04. The molecule has 0 aromatic heterocycles. The summed E-state index contributed by atoms with van der Waals surface area (Å²) >= 11 is 5.85. The molecule has 102 valence electrons. The Hall–Kier alpha value is -1.62. The summed E-state index contributed by atoms with van der Waals surface area (Å²) in [7, 11) is 0. The highest BCUT2D eigenvalue weighted by atomic mass is 35.5. The van der Waals surface area contributed by atoms with Crippen molar-refractivity contribution in [2.24, 2.45) is 0 Å². The lowest BCUT2D eigenvalue weighted by atomic mass is 10.1. The smallest absolute Gasteiger partial charge is 0.305 e. The molecule has 1 fully saturated rings. The number of aliphatic carboxylic acids is 1. The van der Waals surface area contributed by atoms with Crippen LogP contribution >= 0.6 is 11.6 Å². The number of nitrogens with zero attached hydrogens (tertiary/aromatic N) is 1. The molecule has 0 saturated carbocycles. The van der Waals surface area contributed by atoms with Gasteiger partial charge >= 0.3 is 5.97 Å². The number of hydrogen-bond donors (Lipinski definition) is 1. The van der Waals surface area contributed by atoms with E-state index in [1.807, 2.05) is 0 Å². The maximum Gasteiger partial charge on any atom is 0.305 e. The van der Waals surface area contributed by atoms with Crippen LogP contribution in [0.25, 0.3) is 0 Å². The van der Waals surface area contributed by atoms with Crippen molar-refractivity contribution in [3.05, 3.63) is 34.6 Å². The Morgan fingerprint density at radius 2 is 2.21 bits per heavy atom. The van der Waals surface area contributed by atoms with Crippen LogP contribution in [0.4, 0.5) is 4.39 Å². The Morgan fingerprint density at radius 1 is 1.47 bits per heavy atom. The van der Waals surface area contributed by atoms with E-state index in [1.54, 1.807) is 0 Å². The molecule has 1 N–H and O–H groups in total. The van der Waals surface area contributed by atoms with Gasteiger partial charge in [-0.3, -0.25) is 9.59 Å². The summed E-state index contributed by atoms with van der Waals surface area (Å²) in [5.41, 5.74) is -0.179. The van der Waals surface area contributed by atoms with E-state index in [0.717, 1.165) is 6.42 Å². The number of benzene rings is 1. The summed E-state index contributed by atoms with van der Waals surface area (Å²) in [6, 6.07) is 3.65. The third-order valence-electron chi connectivity index (χ3n) is 3.22. The first-order valence-corrected chi connectivity index (χ1v) is 6.35. The third kappa shape index (κ3) is 2.87. The average molecular weight is 286 g/mol. The van der Waals surface area contributed by atoms with Gasteiger partial charge in [0.05, 0.1) is 17.0 Å². The molecule has 1 unspecified atom stereocenters. The molecular weight excluding hydrogens is 273 g/mol. The van der Waals surface area contributed by atoms with Gasteiger partial charge in [-0.15, -0.1) is 0 Å². The van der Waals surface area contributed by atoms with Crippen molar-refractivity contribution in [3.8, 4) is 0 Å². The molecule has 1 aliphatic rings. The molecule has 1 aromatic rings. The van der Waals surface area contributed by atoms with Crippen LogP contribution in [0.3, 0.4) is 0 Å². The molecule has 1 amide bonds. The van der Waals surface area contributed by atoms with Crippen molar-refractivity contribution < 1.29 is 19.1 Å². The topological polar surface area (TPSA) is 57.6 Å². The van der Waals surface area contributed by atoms with Crippen molar-refractivity contribution in [1.29, 1.82) is 0 Å². The normalized spacial score (nSPS) is 18.6. The highest BCUT2D eigenvalue weighted by Gasteiger charge is 2.32. The first kappa shape index (κ1) is 13.8. The first-order chi connectivity index (χ1) is 9.00. The fraction of sp³-hybridized carbons (Fsp3) is 0.385. The van der Waals surface area contributed by atoms with E-state index in [0.29, 0.717) is 13.0 Å². The second-order valence-electron chi connectivity index (χ2n) is 4.49. The SMILES string of the molecule is O=C(O)CC1CCCN1C(=O)c1c(F)cccc1Cl. The van der Waals surface area contributed by atoms with E-state index >= 15 is 0 Å². The van der Waals surface area contributed by atoms with Crippen LogP contribution in [0.2, 0.25) is 5.02 Å². The number of hydrogen-bond acceptors (Lipinski definition) is 2. The lowest BCUT2D eigenvalue weighted by molar-refractivity contribution is -0.137. The van der Waals surface area contributed by atoms with E-state index < -0.39 is 17.7 Å². The van der Waals surface area contributed by atoms with Gasteiger partial charge in [-0.1, -0.05) is 17.7 Å². The summed E-state index contributed by atoms with van der Waals surface area (Å²) < 4.78 is 13.7. The molecule has 6 heteroatoms. The molecule has 19 heavy (non-hydrogen) atoms. The second-order valence-corrected chi connectivity index (χ2v) is 4.90. The summed E-state index contributed by atoms with van der Waals surface area (Å²) in [4.78, 5) is 24.4. The van der Waals surface area contributed by atoms with Crippen molar-refractivity contribution in [2.45, 2.75) is 25.3 Å². The lowest BCUT2D eigenvalue weighted by Gasteiger charge is -2.24. The van der Waals surface area contributed by atoms with Gasteiger partial charge in [0.1, 0.15) is 5.82 Å². The molecule has 0 radical (unpaired) electrons. The number of carbonyl (C=O) groups excluding carboxylic acids is 1. The first-order valence-electron chi connectivity index (χ1n) is 5.97. The lowest BCUT2D eigenvalue weighted by Crippen LogP contribution is -2.37. The van der Waals surface area contributed by atoms with Crippen LogP contribution < -0.4 is 0 Å². The van der Waals surface area contributed by atoms with Crippen molar-refractivity contribution in [1.82, 2.24) is 4.90 Å². The molecule has 1 saturated heterocycles.